The zero-order valence-corrected chi connectivity index (χ0v) is 12.9. The highest BCUT2D eigenvalue weighted by atomic mass is 19.3. The Kier molecular flexibility index (Phi) is 4.20. The lowest BCUT2D eigenvalue weighted by Crippen LogP contribution is -2.22. The Balaban J connectivity index is 1.75. The molecule has 0 aliphatic rings. The summed E-state index contributed by atoms with van der Waals surface area (Å²) in [4.78, 5) is 19.8. The van der Waals surface area contributed by atoms with Crippen molar-refractivity contribution in [1.82, 2.24) is 19.7 Å². The van der Waals surface area contributed by atoms with Crippen molar-refractivity contribution in [3.05, 3.63) is 48.5 Å². The number of alkyl halides is 2. The molecule has 0 bridgehead atoms. The summed E-state index contributed by atoms with van der Waals surface area (Å²) in [5, 5.41) is 7.46. The van der Waals surface area contributed by atoms with Crippen LogP contribution in [-0.2, 0) is 11.3 Å². The van der Waals surface area contributed by atoms with Gasteiger partial charge in [0.2, 0.25) is 5.91 Å². The topological polar surface area (TPSA) is 72.7 Å². The molecule has 1 amide bonds. The van der Waals surface area contributed by atoms with Crippen LogP contribution in [0.4, 0.5) is 14.5 Å². The van der Waals surface area contributed by atoms with Gasteiger partial charge in [-0.3, -0.25) is 14.5 Å². The number of rotatable bonds is 5. The molecule has 0 unspecified atom stereocenters. The summed E-state index contributed by atoms with van der Waals surface area (Å²) in [6.07, 6.45) is 5.75. The molecule has 24 heavy (non-hydrogen) atoms. The molecule has 0 aromatic carbocycles. The number of anilines is 1. The van der Waals surface area contributed by atoms with Crippen molar-refractivity contribution in [1.29, 1.82) is 0 Å². The fourth-order valence-corrected chi connectivity index (χ4v) is 2.28. The van der Waals surface area contributed by atoms with E-state index in [0.29, 0.717) is 30.2 Å². The molecule has 0 aliphatic carbocycles. The maximum atomic E-state index is 12.8. The fraction of sp³-hybridized carbons (Fsp3) is 0.250. The Morgan fingerprint density at radius 3 is 2.92 bits per heavy atom. The molecule has 0 saturated heterocycles. The highest BCUT2D eigenvalue weighted by molar-refractivity contribution is 5.92. The van der Waals surface area contributed by atoms with E-state index in [0.717, 1.165) is 5.56 Å². The monoisotopic (exact) mass is 331 g/mol. The fourth-order valence-electron chi connectivity index (χ4n) is 2.28. The number of carbonyl (C=O) groups excluding carboxylic acids is 1. The Bertz CT molecular complexity index is 858. The van der Waals surface area contributed by atoms with E-state index in [-0.39, 0.29) is 0 Å². The largest absolute Gasteiger partial charge is 0.325 e. The van der Waals surface area contributed by atoms with Crippen molar-refractivity contribution in [2.75, 3.05) is 5.32 Å². The van der Waals surface area contributed by atoms with E-state index in [1.54, 1.807) is 29.3 Å². The van der Waals surface area contributed by atoms with Crippen LogP contribution < -0.4 is 5.32 Å². The van der Waals surface area contributed by atoms with E-state index < -0.39 is 18.3 Å². The summed E-state index contributed by atoms with van der Waals surface area (Å²) < 4.78 is 27.4. The molecule has 0 aliphatic heterocycles. The van der Waals surface area contributed by atoms with E-state index >= 15 is 0 Å². The number of fused-ring (bicyclic) bond motifs is 1. The summed E-state index contributed by atoms with van der Waals surface area (Å²) in [6.45, 7) is 1.24. The van der Waals surface area contributed by atoms with Gasteiger partial charge >= 0.3 is 0 Å². The first-order valence-electron chi connectivity index (χ1n) is 7.29. The SMILES string of the molecule is CC(F)(F)CC(=O)Nc1cnc2nn(Cc3cccnc3)cc2c1. The Labute approximate surface area is 136 Å². The highest BCUT2D eigenvalue weighted by Crippen LogP contribution is 2.19. The molecule has 1 N–H and O–H groups in total. The Morgan fingerprint density at radius 2 is 2.21 bits per heavy atom. The maximum Gasteiger partial charge on any atom is 0.254 e. The first kappa shape index (κ1) is 16.0. The molecule has 0 atom stereocenters. The van der Waals surface area contributed by atoms with Crippen LogP contribution in [0.25, 0.3) is 11.0 Å². The van der Waals surface area contributed by atoms with Gasteiger partial charge in [-0.15, -0.1) is 0 Å². The number of halogens is 2. The van der Waals surface area contributed by atoms with Crippen LogP contribution in [0.2, 0.25) is 0 Å². The predicted octanol–water partition coefficient (Wildman–Crippen LogP) is 2.86. The molecular formula is C16H15F2N5O. The zero-order valence-electron chi connectivity index (χ0n) is 12.9. The van der Waals surface area contributed by atoms with Crippen LogP contribution in [0, 0.1) is 0 Å². The molecule has 3 rings (SSSR count). The Morgan fingerprint density at radius 1 is 1.38 bits per heavy atom. The van der Waals surface area contributed by atoms with Crippen molar-refractivity contribution in [2.24, 2.45) is 0 Å². The van der Waals surface area contributed by atoms with Crippen molar-refractivity contribution in [3.63, 3.8) is 0 Å². The average molecular weight is 331 g/mol. The van der Waals surface area contributed by atoms with E-state index in [1.165, 1.54) is 6.20 Å². The van der Waals surface area contributed by atoms with Gasteiger partial charge in [-0.2, -0.15) is 5.10 Å². The minimum atomic E-state index is -3.05. The van der Waals surface area contributed by atoms with Crippen LogP contribution in [0.1, 0.15) is 18.9 Å². The number of nitrogens with one attached hydrogen (secondary N) is 1. The second-order valence-corrected chi connectivity index (χ2v) is 5.62. The first-order valence-corrected chi connectivity index (χ1v) is 7.29. The number of amides is 1. The molecule has 3 heterocycles. The molecule has 3 aromatic rings. The second-order valence-electron chi connectivity index (χ2n) is 5.62. The maximum absolute atomic E-state index is 12.8. The molecule has 0 spiro atoms. The van der Waals surface area contributed by atoms with E-state index in [1.807, 2.05) is 12.1 Å². The number of hydrogen-bond donors (Lipinski definition) is 1. The summed E-state index contributed by atoms with van der Waals surface area (Å²) >= 11 is 0. The lowest BCUT2D eigenvalue weighted by molar-refractivity contribution is -0.122. The normalized spacial score (nSPS) is 11.6. The third kappa shape index (κ3) is 4.09. The van der Waals surface area contributed by atoms with Gasteiger partial charge in [0.05, 0.1) is 24.8 Å². The molecule has 0 radical (unpaired) electrons. The third-order valence-corrected chi connectivity index (χ3v) is 3.23. The molecule has 6 nitrogen and oxygen atoms in total. The van der Waals surface area contributed by atoms with E-state index in [2.05, 4.69) is 20.4 Å². The van der Waals surface area contributed by atoms with Gasteiger partial charge in [-0.05, 0) is 24.6 Å². The van der Waals surface area contributed by atoms with E-state index in [9.17, 15) is 13.6 Å². The number of carbonyl (C=O) groups is 1. The van der Waals surface area contributed by atoms with Gasteiger partial charge in [0.25, 0.3) is 5.92 Å². The van der Waals surface area contributed by atoms with Gasteiger partial charge in [-0.1, -0.05) is 6.07 Å². The van der Waals surface area contributed by atoms with E-state index in [4.69, 9.17) is 0 Å². The van der Waals surface area contributed by atoms with Gasteiger partial charge in [0.15, 0.2) is 5.65 Å². The van der Waals surface area contributed by atoms with Crippen molar-refractivity contribution in [2.45, 2.75) is 25.8 Å². The average Bonchev–Trinajstić information content (AvgIpc) is 2.87. The molecular weight excluding hydrogens is 316 g/mol. The first-order chi connectivity index (χ1) is 11.4. The van der Waals surface area contributed by atoms with Gasteiger partial charge in [0, 0.05) is 24.0 Å². The number of nitrogens with zero attached hydrogens (tertiary/aromatic N) is 4. The number of aromatic nitrogens is 4. The van der Waals surface area contributed by atoms with Crippen molar-refractivity contribution >= 4 is 22.6 Å². The number of hydrogen-bond acceptors (Lipinski definition) is 4. The minimum Gasteiger partial charge on any atom is -0.325 e. The molecule has 0 fully saturated rings. The lowest BCUT2D eigenvalue weighted by Gasteiger charge is -2.09. The summed E-state index contributed by atoms with van der Waals surface area (Å²) in [5.41, 5.74) is 1.86. The van der Waals surface area contributed by atoms with Crippen LogP contribution in [0.5, 0.6) is 0 Å². The quantitative estimate of drug-likeness (QED) is 0.780. The van der Waals surface area contributed by atoms with Crippen LogP contribution in [0.3, 0.4) is 0 Å². The van der Waals surface area contributed by atoms with Gasteiger partial charge < -0.3 is 5.32 Å². The van der Waals surface area contributed by atoms with Gasteiger partial charge in [0.1, 0.15) is 0 Å². The molecule has 8 heteroatoms. The third-order valence-electron chi connectivity index (χ3n) is 3.23. The predicted molar refractivity (Wildman–Crippen MR) is 84.7 cm³/mol. The number of pyridine rings is 2. The zero-order chi connectivity index (χ0) is 17.2. The lowest BCUT2D eigenvalue weighted by atomic mass is 10.2. The van der Waals surface area contributed by atoms with Gasteiger partial charge in [-0.25, -0.2) is 13.8 Å². The van der Waals surface area contributed by atoms with Crippen LogP contribution in [0.15, 0.2) is 43.0 Å². The summed E-state index contributed by atoms with van der Waals surface area (Å²) in [7, 11) is 0. The Hall–Kier alpha value is -2.90. The van der Waals surface area contributed by atoms with Crippen molar-refractivity contribution in [3.8, 4) is 0 Å². The summed E-state index contributed by atoms with van der Waals surface area (Å²) in [5.74, 6) is -3.80. The molecule has 0 saturated carbocycles. The smallest absolute Gasteiger partial charge is 0.254 e. The molecule has 3 aromatic heterocycles. The summed E-state index contributed by atoms with van der Waals surface area (Å²) in [6, 6.07) is 5.43. The molecule has 124 valence electrons. The van der Waals surface area contributed by atoms with Crippen molar-refractivity contribution < 1.29 is 13.6 Å². The standard InChI is InChI=1S/C16H15F2N5O/c1-16(17,18)6-14(24)21-13-5-12-10-23(22-15(12)20-8-13)9-11-3-2-4-19-7-11/h2-5,7-8,10H,6,9H2,1H3,(H,21,24). The van der Waals surface area contributed by atoms with Crippen LogP contribution >= 0.6 is 0 Å². The highest BCUT2D eigenvalue weighted by Gasteiger charge is 2.25. The second kappa shape index (κ2) is 6.31. The van der Waals surface area contributed by atoms with Crippen LogP contribution in [-0.4, -0.2) is 31.6 Å². The minimum absolute atomic E-state index is 0.359.